The Bertz CT molecular complexity index is 954. The van der Waals surface area contributed by atoms with E-state index in [0.717, 1.165) is 32.4 Å². The van der Waals surface area contributed by atoms with Gasteiger partial charge in [0.15, 0.2) is 0 Å². The normalized spacial score (nSPS) is 19.9. The lowest BCUT2D eigenvalue weighted by atomic mass is 9.90. The second-order valence-corrected chi connectivity index (χ2v) is 10.8. The molecule has 2 aliphatic rings. The molecule has 2 saturated heterocycles. The molecule has 2 fully saturated rings. The number of hydrogen-bond donors (Lipinski definition) is 1. The first-order valence-electron chi connectivity index (χ1n) is 11.8. The molecule has 4 rings (SSSR count). The summed E-state index contributed by atoms with van der Waals surface area (Å²) in [5.74, 6) is 1.25. The van der Waals surface area contributed by atoms with Gasteiger partial charge in [0, 0.05) is 19.6 Å². The number of aliphatic hydroxyl groups excluding tert-OH is 1. The van der Waals surface area contributed by atoms with Crippen LogP contribution in [0.1, 0.15) is 18.4 Å². The molecule has 0 spiro atoms. The summed E-state index contributed by atoms with van der Waals surface area (Å²) in [5, 5.41) is 10.4. The molecule has 180 valence electrons. The van der Waals surface area contributed by atoms with Crippen LogP contribution < -0.4 is 4.74 Å². The second kappa shape index (κ2) is 11.4. The van der Waals surface area contributed by atoms with Crippen molar-refractivity contribution in [2.75, 3.05) is 52.5 Å². The Morgan fingerprint density at radius 2 is 1.64 bits per heavy atom. The average Bonchev–Trinajstić information content (AvgIpc) is 2.85. The number of nitrogens with zero attached hydrogens (tertiary/aromatic N) is 2. The number of benzene rings is 2. The number of sulfonamides is 1. The summed E-state index contributed by atoms with van der Waals surface area (Å²) in [6, 6.07) is 17.0. The van der Waals surface area contributed by atoms with Gasteiger partial charge in [0.25, 0.3) is 0 Å². The smallest absolute Gasteiger partial charge is 0.243 e. The highest BCUT2D eigenvalue weighted by molar-refractivity contribution is 7.89. The molecule has 0 aliphatic carbocycles. The Morgan fingerprint density at radius 3 is 2.30 bits per heavy atom. The molecule has 2 aromatic carbocycles. The first-order chi connectivity index (χ1) is 16.0. The zero-order valence-corrected chi connectivity index (χ0v) is 19.8. The van der Waals surface area contributed by atoms with Crippen molar-refractivity contribution in [3.8, 4) is 5.75 Å². The molecule has 7 nitrogen and oxygen atoms in total. The number of aliphatic hydroxyl groups is 1. The molecule has 0 unspecified atom stereocenters. The molecule has 2 heterocycles. The van der Waals surface area contributed by atoms with E-state index in [0.29, 0.717) is 44.5 Å². The molecule has 1 atom stereocenters. The third-order valence-corrected chi connectivity index (χ3v) is 8.33. The fourth-order valence-electron chi connectivity index (χ4n) is 4.51. The highest BCUT2D eigenvalue weighted by Crippen LogP contribution is 2.23. The minimum atomic E-state index is -3.51. The summed E-state index contributed by atoms with van der Waals surface area (Å²) >= 11 is 0. The Hall–Kier alpha value is -1.97. The van der Waals surface area contributed by atoms with Crippen molar-refractivity contribution in [1.29, 1.82) is 0 Å². The van der Waals surface area contributed by atoms with E-state index >= 15 is 0 Å². The monoisotopic (exact) mass is 474 g/mol. The molecule has 1 N–H and O–H groups in total. The number of likely N-dealkylation sites (tertiary alicyclic amines) is 1. The fraction of sp³-hybridized carbons (Fsp3) is 0.520. The highest BCUT2D eigenvalue weighted by Gasteiger charge is 2.26. The maximum absolute atomic E-state index is 12.7. The quantitative estimate of drug-likeness (QED) is 0.601. The zero-order chi connectivity index (χ0) is 23.1. The number of ether oxygens (including phenoxy) is 2. The Labute approximate surface area is 197 Å². The Morgan fingerprint density at radius 1 is 0.970 bits per heavy atom. The van der Waals surface area contributed by atoms with Gasteiger partial charge in [-0.15, -0.1) is 0 Å². The van der Waals surface area contributed by atoms with E-state index in [4.69, 9.17) is 9.47 Å². The van der Waals surface area contributed by atoms with Gasteiger partial charge in [0.05, 0.1) is 18.1 Å². The van der Waals surface area contributed by atoms with Crippen LogP contribution in [0, 0.1) is 5.92 Å². The molecule has 0 amide bonds. The number of rotatable bonds is 9. The molecule has 0 saturated carbocycles. The SMILES string of the molecule is O=S(=O)(c1ccc(OC[C@H](O)CN2CCC(Cc3ccccc3)CC2)cc1)N1CCOCC1. The number of morpholine rings is 1. The molecule has 0 bridgehead atoms. The lowest BCUT2D eigenvalue weighted by Gasteiger charge is -2.33. The molecule has 0 aromatic heterocycles. The van der Waals surface area contributed by atoms with E-state index in [1.807, 2.05) is 0 Å². The summed E-state index contributed by atoms with van der Waals surface area (Å²) in [6.45, 7) is 4.32. The van der Waals surface area contributed by atoms with Crippen LogP contribution in [0.15, 0.2) is 59.5 Å². The standard InChI is InChI=1S/C25H34N2O5S/c28-23(19-26-12-10-22(11-13-26)18-21-4-2-1-3-5-21)20-32-24-6-8-25(9-7-24)33(29,30)27-14-16-31-17-15-27/h1-9,22-23,28H,10-20H2/t23-/m1/s1. The Kier molecular flexibility index (Phi) is 8.38. The summed E-state index contributed by atoms with van der Waals surface area (Å²) in [7, 11) is -3.51. The van der Waals surface area contributed by atoms with Crippen molar-refractivity contribution < 1.29 is 23.0 Å². The summed E-state index contributed by atoms with van der Waals surface area (Å²) < 4.78 is 37.8. The lowest BCUT2D eigenvalue weighted by molar-refractivity contribution is 0.0550. The van der Waals surface area contributed by atoms with Crippen molar-refractivity contribution in [2.24, 2.45) is 5.92 Å². The van der Waals surface area contributed by atoms with Gasteiger partial charge in [-0.1, -0.05) is 30.3 Å². The van der Waals surface area contributed by atoms with E-state index in [9.17, 15) is 13.5 Å². The van der Waals surface area contributed by atoms with Crippen LogP contribution in [0.3, 0.4) is 0 Å². The predicted molar refractivity (Wildman–Crippen MR) is 127 cm³/mol. The number of hydrogen-bond acceptors (Lipinski definition) is 6. The van der Waals surface area contributed by atoms with Crippen molar-refractivity contribution >= 4 is 10.0 Å². The van der Waals surface area contributed by atoms with Gasteiger partial charge in [-0.25, -0.2) is 8.42 Å². The van der Waals surface area contributed by atoms with Crippen LogP contribution in [0.5, 0.6) is 5.75 Å². The molecule has 33 heavy (non-hydrogen) atoms. The van der Waals surface area contributed by atoms with Crippen LogP contribution in [-0.2, 0) is 21.2 Å². The van der Waals surface area contributed by atoms with Crippen LogP contribution in [-0.4, -0.2) is 81.4 Å². The summed E-state index contributed by atoms with van der Waals surface area (Å²) in [4.78, 5) is 2.55. The van der Waals surface area contributed by atoms with E-state index in [2.05, 4.69) is 35.2 Å². The largest absolute Gasteiger partial charge is 0.491 e. The van der Waals surface area contributed by atoms with E-state index in [1.165, 1.54) is 9.87 Å². The summed E-state index contributed by atoms with van der Waals surface area (Å²) in [6.07, 6.45) is 2.81. The van der Waals surface area contributed by atoms with E-state index in [1.54, 1.807) is 24.3 Å². The maximum atomic E-state index is 12.7. The first-order valence-corrected chi connectivity index (χ1v) is 13.2. The molecular formula is C25H34N2O5S. The molecule has 8 heteroatoms. The second-order valence-electron chi connectivity index (χ2n) is 8.89. The van der Waals surface area contributed by atoms with Crippen molar-refractivity contribution in [1.82, 2.24) is 9.21 Å². The van der Waals surface area contributed by atoms with Crippen molar-refractivity contribution in [2.45, 2.75) is 30.3 Å². The molecule has 0 radical (unpaired) electrons. The fourth-order valence-corrected chi connectivity index (χ4v) is 5.92. The minimum absolute atomic E-state index is 0.180. The summed E-state index contributed by atoms with van der Waals surface area (Å²) in [5.41, 5.74) is 1.40. The third-order valence-electron chi connectivity index (χ3n) is 6.42. The first kappa shape index (κ1) is 24.2. The van der Waals surface area contributed by atoms with Gasteiger partial charge >= 0.3 is 0 Å². The molecule has 2 aliphatic heterocycles. The van der Waals surface area contributed by atoms with Gasteiger partial charge in [0.2, 0.25) is 10.0 Å². The number of β-amino-alcohol motifs (C(OH)–C–C–N with tert-alkyl or cyclic N) is 1. The van der Waals surface area contributed by atoms with Crippen LogP contribution in [0.25, 0.3) is 0 Å². The highest BCUT2D eigenvalue weighted by atomic mass is 32.2. The predicted octanol–water partition coefficient (Wildman–Crippen LogP) is 2.40. The van der Waals surface area contributed by atoms with E-state index < -0.39 is 16.1 Å². The van der Waals surface area contributed by atoms with Crippen LogP contribution in [0.4, 0.5) is 0 Å². The van der Waals surface area contributed by atoms with Crippen LogP contribution in [0.2, 0.25) is 0 Å². The van der Waals surface area contributed by atoms with E-state index in [-0.39, 0.29) is 11.5 Å². The molecule has 2 aromatic rings. The van der Waals surface area contributed by atoms with Gasteiger partial charge in [-0.3, -0.25) is 0 Å². The van der Waals surface area contributed by atoms with Gasteiger partial charge in [0.1, 0.15) is 18.5 Å². The minimum Gasteiger partial charge on any atom is -0.491 e. The Balaban J connectivity index is 1.19. The van der Waals surface area contributed by atoms with Crippen LogP contribution >= 0.6 is 0 Å². The van der Waals surface area contributed by atoms with Gasteiger partial charge < -0.3 is 19.5 Å². The maximum Gasteiger partial charge on any atom is 0.243 e. The van der Waals surface area contributed by atoms with Gasteiger partial charge in [-0.2, -0.15) is 4.31 Å². The van der Waals surface area contributed by atoms with Crippen molar-refractivity contribution in [3.63, 3.8) is 0 Å². The van der Waals surface area contributed by atoms with Gasteiger partial charge in [-0.05, 0) is 68.1 Å². The third kappa shape index (κ3) is 6.77. The number of piperidine rings is 1. The van der Waals surface area contributed by atoms with Crippen molar-refractivity contribution in [3.05, 3.63) is 60.2 Å². The lowest BCUT2D eigenvalue weighted by Crippen LogP contribution is -2.41. The zero-order valence-electron chi connectivity index (χ0n) is 19.0. The topological polar surface area (TPSA) is 79.3 Å². The molecular weight excluding hydrogens is 440 g/mol. The average molecular weight is 475 g/mol.